The van der Waals surface area contributed by atoms with Crippen molar-refractivity contribution >= 4 is 34.1 Å². The Morgan fingerprint density at radius 2 is 1.92 bits per heavy atom. The van der Waals surface area contributed by atoms with Crippen LogP contribution in [0.3, 0.4) is 0 Å². The van der Waals surface area contributed by atoms with Gasteiger partial charge in [-0.05, 0) is 30.4 Å². The maximum absolute atomic E-state index is 6.39. The molecule has 0 bridgehead atoms. The molecular formula is C18H18ClN3OS. The predicted octanol–water partition coefficient (Wildman–Crippen LogP) is 4.90. The first-order chi connectivity index (χ1) is 11.7. The molecule has 0 spiro atoms. The second-order valence-corrected chi connectivity index (χ2v) is 7.68. The lowest BCUT2D eigenvalue weighted by atomic mass is 9.99. The van der Waals surface area contributed by atoms with E-state index in [4.69, 9.17) is 21.9 Å². The molecule has 2 aromatic carbocycles. The van der Waals surface area contributed by atoms with Crippen LogP contribution in [0.15, 0.2) is 45.8 Å². The van der Waals surface area contributed by atoms with E-state index in [2.05, 4.69) is 28.3 Å². The Bertz CT molecular complexity index is 868. The molecule has 0 radical (unpaired) electrons. The van der Waals surface area contributed by atoms with E-state index in [-0.39, 0.29) is 0 Å². The number of aromatic nitrogens is 2. The zero-order valence-corrected chi connectivity index (χ0v) is 14.7. The fourth-order valence-electron chi connectivity index (χ4n) is 3.27. The Morgan fingerprint density at radius 1 is 1.17 bits per heavy atom. The van der Waals surface area contributed by atoms with E-state index in [9.17, 15) is 0 Å². The third-order valence-electron chi connectivity index (χ3n) is 4.58. The first-order valence-corrected chi connectivity index (χ1v) is 9.44. The molecule has 0 atom stereocenters. The smallest absolute Gasteiger partial charge is 0.237 e. The van der Waals surface area contributed by atoms with E-state index in [1.807, 2.05) is 18.2 Å². The van der Waals surface area contributed by atoms with Crippen LogP contribution in [0, 0.1) is 0 Å². The molecule has 0 amide bonds. The van der Waals surface area contributed by atoms with Gasteiger partial charge in [0.1, 0.15) is 0 Å². The summed E-state index contributed by atoms with van der Waals surface area (Å²) in [6, 6.07) is 12.1. The lowest BCUT2D eigenvalue weighted by Gasteiger charge is -2.17. The Balaban J connectivity index is 1.55. The Hall–Kier alpha value is -1.56. The van der Waals surface area contributed by atoms with Crippen molar-refractivity contribution in [1.29, 1.82) is 0 Å². The molecule has 0 saturated heterocycles. The minimum absolute atomic E-state index is 0.408. The van der Waals surface area contributed by atoms with E-state index >= 15 is 0 Å². The molecule has 1 aliphatic carbocycles. The largest absolute Gasteiger partial charge is 0.338 e. The molecule has 3 aromatic rings. The van der Waals surface area contributed by atoms with Crippen LogP contribution >= 0.6 is 23.4 Å². The van der Waals surface area contributed by atoms with Crippen LogP contribution in [-0.2, 0) is 11.3 Å². The topological polar surface area (TPSA) is 64.9 Å². The maximum Gasteiger partial charge on any atom is 0.237 e. The first-order valence-electron chi connectivity index (χ1n) is 8.08. The number of rotatable bonds is 4. The lowest BCUT2D eigenvalue weighted by molar-refractivity contribution is 0.355. The third-order valence-corrected chi connectivity index (χ3v) is 5.93. The fraction of sp³-hybridized carbons (Fsp3) is 0.333. The molecule has 24 heavy (non-hydrogen) atoms. The zero-order valence-electron chi connectivity index (χ0n) is 13.2. The Labute approximate surface area is 149 Å². The van der Waals surface area contributed by atoms with Crippen LogP contribution in [0.5, 0.6) is 0 Å². The Morgan fingerprint density at radius 3 is 2.71 bits per heavy atom. The highest BCUT2D eigenvalue weighted by molar-refractivity contribution is 7.98. The summed E-state index contributed by atoms with van der Waals surface area (Å²) in [5.74, 6) is 1.86. The van der Waals surface area contributed by atoms with Gasteiger partial charge in [-0.1, -0.05) is 53.9 Å². The number of thioether (sulfide) groups is 1. The summed E-state index contributed by atoms with van der Waals surface area (Å²) in [6.07, 6.45) is 4.11. The third kappa shape index (κ3) is 2.92. The van der Waals surface area contributed by atoms with Gasteiger partial charge in [0.2, 0.25) is 5.89 Å². The van der Waals surface area contributed by atoms with Gasteiger partial charge in [-0.2, -0.15) is 4.98 Å². The van der Waals surface area contributed by atoms with Crippen molar-refractivity contribution in [3.8, 4) is 0 Å². The normalized spacial score (nSPS) is 16.8. The molecule has 1 heterocycles. The number of nitrogens with zero attached hydrogens (tertiary/aromatic N) is 2. The van der Waals surface area contributed by atoms with E-state index in [1.54, 1.807) is 11.8 Å². The monoisotopic (exact) mass is 359 g/mol. The fourth-order valence-corrected chi connectivity index (χ4v) is 4.55. The first kappa shape index (κ1) is 15.9. The van der Waals surface area contributed by atoms with Crippen LogP contribution in [0.1, 0.15) is 37.4 Å². The molecule has 1 aliphatic rings. The maximum atomic E-state index is 6.39. The highest BCUT2D eigenvalue weighted by Gasteiger charge is 2.35. The summed E-state index contributed by atoms with van der Waals surface area (Å²) in [4.78, 5) is 5.64. The Kier molecular flexibility index (Phi) is 4.24. The molecule has 1 aromatic heterocycles. The highest BCUT2D eigenvalue weighted by atomic mass is 35.5. The van der Waals surface area contributed by atoms with Gasteiger partial charge in [0.05, 0.1) is 11.3 Å². The van der Waals surface area contributed by atoms with E-state index in [0.29, 0.717) is 17.5 Å². The molecule has 4 nitrogen and oxygen atoms in total. The number of hydrogen-bond acceptors (Lipinski definition) is 5. The van der Waals surface area contributed by atoms with E-state index in [1.165, 1.54) is 0 Å². The quantitative estimate of drug-likeness (QED) is 0.671. The van der Waals surface area contributed by atoms with Crippen molar-refractivity contribution in [2.75, 3.05) is 0 Å². The van der Waals surface area contributed by atoms with Crippen molar-refractivity contribution in [1.82, 2.24) is 10.1 Å². The average molecular weight is 360 g/mol. The molecule has 1 fully saturated rings. The number of benzene rings is 2. The van der Waals surface area contributed by atoms with Crippen LogP contribution in [-0.4, -0.2) is 10.1 Å². The lowest BCUT2D eigenvalue weighted by Crippen LogP contribution is -2.34. The predicted molar refractivity (Wildman–Crippen MR) is 97.2 cm³/mol. The van der Waals surface area contributed by atoms with Crippen molar-refractivity contribution in [2.24, 2.45) is 5.73 Å². The van der Waals surface area contributed by atoms with Gasteiger partial charge < -0.3 is 10.3 Å². The van der Waals surface area contributed by atoms with Crippen LogP contribution < -0.4 is 5.73 Å². The van der Waals surface area contributed by atoms with Crippen molar-refractivity contribution in [3.63, 3.8) is 0 Å². The molecule has 2 N–H and O–H groups in total. The average Bonchev–Trinajstić information content (AvgIpc) is 3.23. The minimum Gasteiger partial charge on any atom is -0.338 e. The summed E-state index contributed by atoms with van der Waals surface area (Å²) in [6.45, 7) is 0. The van der Waals surface area contributed by atoms with Crippen molar-refractivity contribution in [2.45, 2.75) is 41.9 Å². The summed E-state index contributed by atoms with van der Waals surface area (Å²) in [7, 11) is 0. The van der Waals surface area contributed by atoms with Gasteiger partial charge in [-0.3, -0.25) is 0 Å². The van der Waals surface area contributed by atoms with Crippen LogP contribution in [0.2, 0.25) is 5.02 Å². The molecule has 4 rings (SSSR count). The summed E-state index contributed by atoms with van der Waals surface area (Å²) < 4.78 is 5.41. The number of fused-ring (bicyclic) bond motifs is 1. The van der Waals surface area contributed by atoms with Crippen LogP contribution in [0.4, 0.5) is 0 Å². The molecule has 0 aliphatic heterocycles. The molecule has 124 valence electrons. The standard InChI is InChI=1S/C18H18ClN3OS/c19-13-7-3-5-12-6-4-8-14(16(12)13)24-11-15-21-17(22-23-15)18(20)9-1-2-10-18/h3-8H,1-2,9-11,20H2. The number of hydrogen-bond donors (Lipinski definition) is 1. The van der Waals surface area contributed by atoms with Gasteiger partial charge in [0, 0.05) is 15.3 Å². The molecular weight excluding hydrogens is 342 g/mol. The highest BCUT2D eigenvalue weighted by Crippen LogP contribution is 2.36. The van der Waals surface area contributed by atoms with Gasteiger partial charge in [-0.25, -0.2) is 0 Å². The van der Waals surface area contributed by atoms with Gasteiger partial charge >= 0.3 is 0 Å². The zero-order chi connectivity index (χ0) is 16.6. The minimum atomic E-state index is -0.408. The van der Waals surface area contributed by atoms with Gasteiger partial charge in [-0.15, -0.1) is 11.8 Å². The van der Waals surface area contributed by atoms with Gasteiger partial charge in [0.15, 0.2) is 5.82 Å². The summed E-state index contributed by atoms with van der Waals surface area (Å²) in [5.41, 5.74) is 5.98. The van der Waals surface area contributed by atoms with E-state index < -0.39 is 5.54 Å². The number of halogens is 1. The van der Waals surface area contributed by atoms with Crippen LogP contribution in [0.25, 0.3) is 10.8 Å². The number of nitrogens with two attached hydrogens (primary N) is 1. The van der Waals surface area contributed by atoms with Gasteiger partial charge in [0.25, 0.3) is 0 Å². The second kappa shape index (κ2) is 6.39. The second-order valence-electron chi connectivity index (χ2n) is 6.26. The van der Waals surface area contributed by atoms with E-state index in [0.717, 1.165) is 46.4 Å². The summed E-state index contributed by atoms with van der Waals surface area (Å²) >= 11 is 8.02. The molecule has 6 heteroatoms. The summed E-state index contributed by atoms with van der Waals surface area (Å²) in [5, 5.41) is 7.07. The SMILES string of the molecule is NC1(c2noc(CSc3cccc4cccc(Cl)c34)n2)CCCC1. The van der Waals surface area contributed by atoms with Crippen molar-refractivity contribution in [3.05, 3.63) is 53.1 Å². The van der Waals surface area contributed by atoms with Crippen molar-refractivity contribution < 1.29 is 4.52 Å². The molecule has 0 unspecified atom stereocenters. The molecule has 1 saturated carbocycles.